The number of thiazole rings is 1. The van der Waals surface area contributed by atoms with Crippen LogP contribution in [0.1, 0.15) is 27.2 Å². The van der Waals surface area contributed by atoms with E-state index in [-0.39, 0.29) is 5.91 Å². The van der Waals surface area contributed by atoms with Gasteiger partial charge in [-0.15, -0.1) is 11.3 Å². The quantitative estimate of drug-likeness (QED) is 0.363. The fourth-order valence-corrected chi connectivity index (χ4v) is 3.16. The molecule has 0 aliphatic carbocycles. The average molecular weight is 424 g/mol. The number of hydrogen-bond acceptors (Lipinski definition) is 4. The number of aromatic nitrogens is 1. The van der Waals surface area contributed by atoms with E-state index in [0.29, 0.717) is 31.2 Å². The molecular formula is C17H22BrN5OS. The van der Waals surface area contributed by atoms with Gasteiger partial charge in [0.15, 0.2) is 5.96 Å². The molecule has 1 aromatic heterocycles. The van der Waals surface area contributed by atoms with Crippen molar-refractivity contribution in [2.24, 2.45) is 4.99 Å². The molecule has 0 fully saturated rings. The van der Waals surface area contributed by atoms with Crippen molar-refractivity contribution in [3.05, 3.63) is 50.4 Å². The van der Waals surface area contributed by atoms with Crippen LogP contribution in [0.2, 0.25) is 0 Å². The third-order valence-corrected chi connectivity index (χ3v) is 4.57. The van der Waals surface area contributed by atoms with E-state index in [1.165, 1.54) is 4.88 Å². The van der Waals surface area contributed by atoms with Gasteiger partial charge < -0.3 is 16.0 Å². The zero-order valence-corrected chi connectivity index (χ0v) is 16.7. The van der Waals surface area contributed by atoms with Crippen LogP contribution < -0.4 is 16.0 Å². The summed E-state index contributed by atoms with van der Waals surface area (Å²) in [6.45, 7) is 6.45. The maximum absolute atomic E-state index is 12.1. The third kappa shape index (κ3) is 6.83. The van der Waals surface area contributed by atoms with Crippen LogP contribution in [0.3, 0.4) is 0 Å². The molecule has 25 heavy (non-hydrogen) atoms. The number of carbonyl (C=O) groups excluding carboxylic acids is 1. The van der Waals surface area contributed by atoms with Gasteiger partial charge in [-0.05, 0) is 32.0 Å². The summed E-state index contributed by atoms with van der Waals surface area (Å²) >= 11 is 5.01. The number of benzene rings is 1. The molecule has 0 aliphatic rings. The first kappa shape index (κ1) is 19.4. The Hall–Kier alpha value is -1.93. The Morgan fingerprint density at radius 3 is 2.76 bits per heavy atom. The van der Waals surface area contributed by atoms with Gasteiger partial charge in [0.1, 0.15) is 5.01 Å². The van der Waals surface area contributed by atoms with Crippen LogP contribution in [-0.4, -0.2) is 36.5 Å². The first-order valence-corrected chi connectivity index (χ1v) is 9.66. The van der Waals surface area contributed by atoms with Gasteiger partial charge in [0.05, 0.1) is 6.54 Å². The fraction of sp³-hybridized carbons (Fsp3) is 0.353. The molecule has 0 atom stereocenters. The van der Waals surface area contributed by atoms with Gasteiger partial charge in [-0.2, -0.15) is 0 Å². The Bertz CT molecular complexity index is 731. The van der Waals surface area contributed by atoms with Crippen molar-refractivity contribution >= 4 is 39.1 Å². The molecule has 1 amide bonds. The normalized spacial score (nSPS) is 11.2. The average Bonchev–Trinajstić information content (AvgIpc) is 3.01. The molecule has 0 saturated carbocycles. The molecule has 8 heteroatoms. The second-order valence-corrected chi connectivity index (χ2v) is 7.49. The lowest BCUT2D eigenvalue weighted by Gasteiger charge is -2.11. The summed E-state index contributed by atoms with van der Waals surface area (Å²) in [5, 5.41) is 10.3. The van der Waals surface area contributed by atoms with Crippen molar-refractivity contribution in [1.82, 2.24) is 20.9 Å². The Morgan fingerprint density at radius 2 is 2.08 bits per heavy atom. The lowest BCUT2D eigenvalue weighted by molar-refractivity contribution is 0.0954. The first-order chi connectivity index (χ1) is 12.1. The Labute approximate surface area is 160 Å². The highest BCUT2D eigenvalue weighted by Crippen LogP contribution is 2.12. The maximum Gasteiger partial charge on any atom is 0.251 e. The zero-order chi connectivity index (χ0) is 18.1. The van der Waals surface area contributed by atoms with E-state index >= 15 is 0 Å². The van der Waals surface area contributed by atoms with E-state index in [0.717, 1.165) is 16.0 Å². The van der Waals surface area contributed by atoms with Crippen molar-refractivity contribution in [3.63, 3.8) is 0 Å². The van der Waals surface area contributed by atoms with E-state index in [1.807, 2.05) is 32.2 Å². The second-order valence-electron chi connectivity index (χ2n) is 5.25. The SMILES string of the molecule is CCNC(=NCc1ncc(C)s1)NCCNC(=O)c1cccc(Br)c1. The van der Waals surface area contributed by atoms with Gasteiger partial charge in [-0.1, -0.05) is 22.0 Å². The summed E-state index contributed by atoms with van der Waals surface area (Å²) in [6, 6.07) is 7.31. The highest BCUT2D eigenvalue weighted by atomic mass is 79.9. The second kappa shape index (κ2) is 10.1. The van der Waals surface area contributed by atoms with Gasteiger partial charge in [-0.25, -0.2) is 9.98 Å². The third-order valence-electron chi connectivity index (χ3n) is 3.18. The van der Waals surface area contributed by atoms with Crippen LogP contribution in [0.4, 0.5) is 0 Å². The molecule has 2 rings (SSSR count). The molecule has 134 valence electrons. The van der Waals surface area contributed by atoms with Crippen molar-refractivity contribution in [3.8, 4) is 0 Å². The number of carbonyl (C=O) groups is 1. The number of halogens is 1. The van der Waals surface area contributed by atoms with E-state index < -0.39 is 0 Å². The molecule has 0 bridgehead atoms. The van der Waals surface area contributed by atoms with Gasteiger partial charge in [0, 0.05) is 40.7 Å². The topological polar surface area (TPSA) is 78.4 Å². The maximum atomic E-state index is 12.1. The molecule has 0 aliphatic heterocycles. The fourth-order valence-electron chi connectivity index (χ4n) is 2.05. The number of nitrogens with zero attached hydrogens (tertiary/aromatic N) is 2. The lowest BCUT2D eigenvalue weighted by atomic mass is 10.2. The molecule has 1 aromatic carbocycles. The van der Waals surface area contributed by atoms with Crippen molar-refractivity contribution < 1.29 is 4.79 Å². The molecule has 0 spiro atoms. The number of rotatable bonds is 7. The van der Waals surface area contributed by atoms with E-state index in [1.54, 1.807) is 23.5 Å². The molecule has 2 aromatic rings. The van der Waals surface area contributed by atoms with Crippen molar-refractivity contribution in [1.29, 1.82) is 0 Å². The summed E-state index contributed by atoms with van der Waals surface area (Å²) in [5.74, 6) is 0.621. The molecule has 3 N–H and O–H groups in total. The standard InChI is InChI=1S/C17H22BrN5OS/c1-3-19-17(23-11-15-22-10-12(2)25-15)21-8-7-20-16(24)13-5-4-6-14(18)9-13/h4-6,9-10H,3,7-8,11H2,1-2H3,(H,20,24)(H2,19,21,23). The minimum absolute atomic E-state index is 0.0942. The summed E-state index contributed by atoms with van der Waals surface area (Å²) in [5.41, 5.74) is 0.633. The minimum atomic E-state index is -0.0942. The van der Waals surface area contributed by atoms with Gasteiger partial charge in [-0.3, -0.25) is 4.79 Å². The molecule has 0 unspecified atom stereocenters. The smallest absolute Gasteiger partial charge is 0.251 e. The first-order valence-electron chi connectivity index (χ1n) is 8.05. The number of aryl methyl sites for hydroxylation is 1. The highest BCUT2D eigenvalue weighted by molar-refractivity contribution is 9.10. The lowest BCUT2D eigenvalue weighted by Crippen LogP contribution is -2.41. The summed E-state index contributed by atoms with van der Waals surface area (Å²) in [6.07, 6.45) is 1.85. The van der Waals surface area contributed by atoms with E-state index in [9.17, 15) is 4.79 Å². The highest BCUT2D eigenvalue weighted by Gasteiger charge is 2.05. The van der Waals surface area contributed by atoms with Crippen molar-refractivity contribution in [2.75, 3.05) is 19.6 Å². The van der Waals surface area contributed by atoms with Gasteiger partial charge in [0.25, 0.3) is 5.91 Å². The van der Waals surface area contributed by atoms with Gasteiger partial charge >= 0.3 is 0 Å². The van der Waals surface area contributed by atoms with Gasteiger partial charge in [0.2, 0.25) is 0 Å². The number of nitrogens with one attached hydrogen (secondary N) is 3. The number of aliphatic imine (C=N–C) groups is 1. The Morgan fingerprint density at radius 1 is 1.28 bits per heavy atom. The van der Waals surface area contributed by atoms with Crippen molar-refractivity contribution in [2.45, 2.75) is 20.4 Å². The molecule has 1 heterocycles. The monoisotopic (exact) mass is 423 g/mol. The molecular weight excluding hydrogens is 402 g/mol. The van der Waals surface area contributed by atoms with Crippen LogP contribution in [0.25, 0.3) is 0 Å². The molecule has 6 nitrogen and oxygen atoms in total. The predicted molar refractivity (Wildman–Crippen MR) is 106 cm³/mol. The van der Waals surface area contributed by atoms with Crippen LogP contribution in [0.15, 0.2) is 39.9 Å². The molecule has 0 radical (unpaired) electrons. The predicted octanol–water partition coefficient (Wildman–Crippen LogP) is 2.70. The summed E-state index contributed by atoms with van der Waals surface area (Å²) in [4.78, 5) is 22.1. The van der Waals surface area contributed by atoms with Crippen LogP contribution >= 0.6 is 27.3 Å². The van der Waals surface area contributed by atoms with Crippen LogP contribution in [0.5, 0.6) is 0 Å². The van der Waals surface area contributed by atoms with E-state index in [2.05, 4.69) is 41.9 Å². The number of hydrogen-bond donors (Lipinski definition) is 3. The summed E-state index contributed by atoms with van der Waals surface area (Å²) < 4.78 is 0.886. The largest absolute Gasteiger partial charge is 0.357 e. The van der Waals surface area contributed by atoms with E-state index in [4.69, 9.17) is 0 Å². The summed E-state index contributed by atoms with van der Waals surface area (Å²) in [7, 11) is 0. The van der Waals surface area contributed by atoms with Crippen LogP contribution in [-0.2, 0) is 6.54 Å². The minimum Gasteiger partial charge on any atom is -0.357 e. The Balaban J connectivity index is 1.77. The number of amides is 1. The molecule has 0 saturated heterocycles. The van der Waals surface area contributed by atoms with Crippen LogP contribution in [0, 0.1) is 6.92 Å². The number of guanidine groups is 1. The Kier molecular flexibility index (Phi) is 7.87. The zero-order valence-electron chi connectivity index (χ0n) is 14.3.